The van der Waals surface area contributed by atoms with Crippen molar-refractivity contribution in [2.75, 3.05) is 26.1 Å². The van der Waals surface area contributed by atoms with Gasteiger partial charge in [-0.25, -0.2) is 5.43 Å². The van der Waals surface area contributed by atoms with Crippen molar-refractivity contribution >= 4 is 23.2 Å². The van der Waals surface area contributed by atoms with Crippen molar-refractivity contribution < 1.29 is 23.8 Å². The number of hydrogen-bond donors (Lipinski definition) is 2. The molecule has 2 aromatic rings. The summed E-state index contributed by atoms with van der Waals surface area (Å²) in [6, 6.07) is 12.5. The van der Waals surface area contributed by atoms with Gasteiger partial charge in [0.1, 0.15) is 17.2 Å². The lowest BCUT2D eigenvalue weighted by Crippen LogP contribution is -2.26. The Balaban J connectivity index is 1.82. The van der Waals surface area contributed by atoms with Gasteiger partial charge in [0.05, 0.1) is 26.3 Å². The van der Waals surface area contributed by atoms with Gasteiger partial charge in [-0.3, -0.25) is 9.59 Å². The zero-order chi connectivity index (χ0) is 21.2. The molecule has 2 rings (SSSR count). The number of nitrogens with zero attached hydrogens (tertiary/aromatic N) is 1. The van der Waals surface area contributed by atoms with Gasteiger partial charge < -0.3 is 19.5 Å². The summed E-state index contributed by atoms with van der Waals surface area (Å²) in [7, 11) is 3.05. The highest BCUT2D eigenvalue weighted by Crippen LogP contribution is 2.29. The molecular formula is C21H25N3O5. The second kappa shape index (κ2) is 10.7. The van der Waals surface area contributed by atoms with E-state index in [-0.39, 0.29) is 18.9 Å². The molecule has 29 heavy (non-hydrogen) atoms. The highest BCUT2D eigenvalue weighted by Gasteiger charge is 2.10. The maximum Gasteiger partial charge on any atom is 0.277 e. The molecule has 0 heterocycles. The van der Waals surface area contributed by atoms with Crippen molar-refractivity contribution in [3.8, 4) is 17.2 Å². The van der Waals surface area contributed by atoms with Gasteiger partial charge in [0.2, 0.25) is 5.91 Å². The van der Waals surface area contributed by atoms with Gasteiger partial charge in [-0.15, -0.1) is 0 Å². The average molecular weight is 399 g/mol. The lowest BCUT2D eigenvalue weighted by molar-refractivity contribution is -0.123. The van der Waals surface area contributed by atoms with Gasteiger partial charge in [-0.05, 0) is 43.7 Å². The van der Waals surface area contributed by atoms with Crippen LogP contribution in [-0.2, 0) is 9.59 Å². The van der Waals surface area contributed by atoms with Crippen molar-refractivity contribution in [3.63, 3.8) is 0 Å². The summed E-state index contributed by atoms with van der Waals surface area (Å²) in [5.41, 5.74) is 4.37. The van der Waals surface area contributed by atoms with Crippen LogP contribution in [0.25, 0.3) is 0 Å². The van der Waals surface area contributed by atoms with Crippen LogP contribution in [0.5, 0.6) is 17.2 Å². The van der Waals surface area contributed by atoms with E-state index in [1.54, 1.807) is 38.3 Å². The number of hydrazone groups is 1. The summed E-state index contributed by atoms with van der Waals surface area (Å²) in [5.74, 6) is 0.999. The molecule has 0 aliphatic rings. The number of anilines is 1. The SMILES string of the molecule is COc1ccc(NC(=O)C/C(C)=N\NC(=O)COc2cccc(C)c2)c(OC)c1. The van der Waals surface area contributed by atoms with Crippen molar-refractivity contribution in [2.24, 2.45) is 5.10 Å². The summed E-state index contributed by atoms with van der Waals surface area (Å²) in [5, 5.41) is 6.68. The molecular weight excluding hydrogens is 374 g/mol. The lowest BCUT2D eigenvalue weighted by atomic mass is 10.2. The van der Waals surface area contributed by atoms with Gasteiger partial charge in [-0.2, -0.15) is 5.10 Å². The largest absolute Gasteiger partial charge is 0.497 e. The first-order valence-electron chi connectivity index (χ1n) is 8.94. The van der Waals surface area contributed by atoms with Crippen molar-refractivity contribution in [1.29, 1.82) is 0 Å². The number of benzene rings is 2. The van der Waals surface area contributed by atoms with E-state index in [1.165, 1.54) is 7.11 Å². The van der Waals surface area contributed by atoms with Crippen molar-refractivity contribution in [3.05, 3.63) is 48.0 Å². The Labute approximate surface area is 169 Å². The third-order valence-electron chi connectivity index (χ3n) is 3.83. The van der Waals surface area contributed by atoms with E-state index >= 15 is 0 Å². The van der Waals surface area contributed by atoms with Crippen molar-refractivity contribution in [2.45, 2.75) is 20.3 Å². The molecule has 0 aliphatic carbocycles. The molecule has 0 aliphatic heterocycles. The van der Waals surface area contributed by atoms with Crippen LogP contribution in [0.3, 0.4) is 0 Å². The number of carbonyl (C=O) groups is 2. The quantitative estimate of drug-likeness (QED) is 0.499. The Bertz CT molecular complexity index is 896. The number of aryl methyl sites for hydroxylation is 1. The minimum absolute atomic E-state index is 0.00814. The molecule has 2 amide bonds. The molecule has 0 saturated carbocycles. The van der Waals surface area contributed by atoms with Gasteiger partial charge in [0, 0.05) is 11.8 Å². The summed E-state index contributed by atoms with van der Waals surface area (Å²) in [6.07, 6.45) is 0.00814. The first-order valence-corrected chi connectivity index (χ1v) is 8.94. The second-order valence-electron chi connectivity index (χ2n) is 6.28. The van der Waals surface area contributed by atoms with E-state index in [9.17, 15) is 9.59 Å². The van der Waals surface area contributed by atoms with E-state index in [0.29, 0.717) is 28.6 Å². The van der Waals surface area contributed by atoms with Crippen LogP contribution in [-0.4, -0.2) is 38.4 Å². The monoisotopic (exact) mass is 399 g/mol. The molecule has 0 saturated heterocycles. The molecule has 2 N–H and O–H groups in total. The molecule has 0 fully saturated rings. The second-order valence-corrected chi connectivity index (χ2v) is 6.28. The highest BCUT2D eigenvalue weighted by atomic mass is 16.5. The maximum absolute atomic E-state index is 12.2. The average Bonchev–Trinajstić information content (AvgIpc) is 2.71. The molecule has 0 radical (unpaired) electrons. The molecule has 0 spiro atoms. The normalized spacial score (nSPS) is 10.8. The van der Waals surface area contributed by atoms with Crippen LogP contribution >= 0.6 is 0 Å². The Kier molecular flexibility index (Phi) is 8.02. The standard InChI is InChI=1S/C21H25N3O5/c1-14-6-5-7-17(10-14)29-13-21(26)24-23-15(2)11-20(25)22-18-9-8-16(27-3)12-19(18)28-4/h5-10,12H,11,13H2,1-4H3,(H,22,25)(H,24,26)/b23-15-. The van der Waals surface area contributed by atoms with E-state index < -0.39 is 5.91 Å². The molecule has 8 heteroatoms. The van der Waals surface area contributed by atoms with Gasteiger partial charge in [0.15, 0.2) is 6.61 Å². The maximum atomic E-state index is 12.2. The van der Waals surface area contributed by atoms with Gasteiger partial charge in [0.25, 0.3) is 5.91 Å². The Morgan fingerprint density at radius 2 is 1.79 bits per heavy atom. The lowest BCUT2D eigenvalue weighted by Gasteiger charge is -2.11. The van der Waals surface area contributed by atoms with Crippen LogP contribution < -0.4 is 25.0 Å². The van der Waals surface area contributed by atoms with E-state index in [2.05, 4.69) is 15.8 Å². The number of rotatable bonds is 9. The molecule has 2 aromatic carbocycles. The third-order valence-corrected chi connectivity index (χ3v) is 3.83. The van der Waals surface area contributed by atoms with E-state index in [1.807, 2.05) is 25.1 Å². The fourth-order valence-electron chi connectivity index (χ4n) is 2.41. The first kappa shape index (κ1) is 21.7. The van der Waals surface area contributed by atoms with Crippen LogP contribution in [0, 0.1) is 6.92 Å². The number of carbonyl (C=O) groups excluding carboxylic acids is 2. The molecule has 8 nitrogen and oxygen atoms in total. The van der Waals surface area contributed by atoms with E-state index in [0.717, 1.165) is 5.56 Å². The minimum atomic E-state index is -0.414. The fraction of sp³-hybridized carbons (Fsp3) is 0.286. The predicted octanol–water partition coefficient (Wildman–Crippen LogP) is 2.91. The van der Waals surface area contributed by atoms with Crippen LogP contribution in [0.1, 0.15) is 18.9 Å². The predicted molar refractivity (Wildman–Crippen MR) is 111 cm³/mol. The summed E-state index contributed by atoms with van der Waals surface area (Å²) in [4.78, 5) is 24.1. The van der Waals surface area contributed by atoms with E-state index in [4.69, 9.17) is 14.2 Å². The third kappa shape index (κ3) is 7.17. The highest BCUT2D eigenvalue weighted by molar-refractivity contribution is 6.06. The number of nitrogens with one attached hydrogen (secondary N) is 2. The molecule has 0 bridgehead atoms. The minimum Gasteiger partial charge on any atom is -0.497 e. The number of methoxy groups -OCH3 is 2. The Morgan fingerprint density at radius 3 is 2.48 bits per heavy atom. The fourth-order valence-corrected chi connectivity index (χ4v) is 2.41. The summed E-state index contributed by atoms with van der Waals surface area (Å²) >= 11 is 0. The summed E-state index contributed by atoms with van der Waals surface area (Å²) < 4.78 is 15.8. The zero-order valence-electron chi connectivity index (χ0n) is 16.9. The van der Waals surface area contributed by atoms with Crippen LogP contribution in [0.2, 0.25) is 0 Å². The van der Waals surface area contributed by atoms with Gasteiger partial charge in [-0.1, -0.05) is 12.1 Å². The molecule has 0 unspecified atom stereocenters. The first-order chi connectivity index (χ1) is 13.9. The number of amides is 2. The smallest absolute Gasteiger partial charge is 0.277 e. The zero-order valence-corrected chi connectivity index (χ0v) is 16.9. The van der Waals surface area contributed by atoms with Crippen LogP contribution in [0.15, 0.2) is 47.6 Å². The molecule has 154 valence electrons. The molecule has 0 atom stereocenters. The Hall–Kier alpha value is -3.55. The Morgan fingerprint density at radius 1 is 1.00 bits per heavy atom. The van der Waals surface area contributed by atoms with Crippen molar-refractivity contribution in [1.82, 2.24) is 5.43 Å². The summed E-state index contributed by atoms with van der Waals surface area (Å²) in [6.45, 7) is 3.41. The number of hydrogen-bond acceptors (Lipinski definition) is 6. The van der Waals surface area contributed by atoms with Crippen LogP contribution in [0.4, 0.5) is 5.69 Å². The number of ether oxygens (including phenoxy) is 3. The molecule has 0 aromatic heterocycles. The van der Waals surface area contributed by atoms with Gasteiger partial charge >= 0.3 is 0 Å². The topological polar surface area (TPSA) is 98.2 Å².